The number of benzene rings is 1. The molecule has 1 unspecified atom stereocenters. The van der Waals surface area contributed by atoms with E-state index in [1.807, 2.05) is 0 Å². The summed E-state index contributed by atoms with van der Waals surface area (Å²) in [6, 6.07) is 5.86. The van der Waals surface area contributed by atoms with Crippen molar-refractivity contribution in [3.63, 3.8) is 0 Å². The van der Waals surface area contributed by atoms with Crippen molar-refractivity contribution in [2.24, 2.45) is 0 Å². The fraction of sp³-hybridized carbons (Fsp3) is 0.364. The Morgan fingerprint density at radius 3 is 2.44 bits per heavy atom. The first-order chi connectivity index (χ1) is 8.45. The number of carboxylic acid groups (broad SMARTS) is 1. The summed E-state index contributed by atoms with van der Waals surface area (Å²) in [5, 5.41) is 7.31. The van der Waals surface area contributed by atoms with Crippen LogP contribution in [-0.2, 0) is 19.4 Å². The third kappa shape index (κ3) is 2.80. The molecule has 1 aromatic carbocycles. The van der Waals surface area contributed by atoms with Crippen molar-refractivity contribution < 1.29 is 27.8 Å². The Hall–Kier alpha value is -1.60. The molecule has 6 nitrogen and oxygen atoms in total. The van der Waals surface area contributed by atoms with E-state index in [1.165, 1.54) is 32.4 Å². The quantitative estimate of drug-likeness (QED) is 0.815. The number of para-hydroxylation sites is 1. The molecule has 1 N–H and O–H groups in total. The van der Waals surface area contributed by atoms with Gasteiger partial charge in [-0.15, -0.1) is 0 Å². The van der Waals surface area contributed by atoms with Gasteiger partial charge >= 0.3 is 5.97 Å². The Morgan fingerprint density at radius 1 is 1.33 bits per heavy atom. The van der Waals surface area contributed by atoms with Crippen LogP contribution in [0.1, 0.15) is 0 Å². The molecule has 0 aliphatic heterocycles. The molecule has 0 saturated heterocycles. The van der Waals surface area contributed by atoms with E-state index in [-0.39, 0.29) is 10.6 Å². The highest BCUT2D eigenvalue weighted by Gasteiger charge is 2.35. The second-order valence-electron chi connectivity index (χ2n) is 3.48. The van der Waals surface area contributed by atoms with Gasteiger partial charge in [-0.05, 0) is 12.1 Å². The summed E-state index contributed by atoms with van der Waals surface area (Å²) in [6.45, 7) is -0.421. The van der Waals surface area contributed by atoms with E-state index < -0.39 is 27.7 Å². The maximum Gasteiger partial charge on any atom is 0.324 e. The minimum absolute atomic E-state index is 0.111. The minimum atomic E-state index is -4.05. The normalized spacial score (nSPS) is 13.0. The van der Waals surface area contributed by atoms with E-state index in [0.717, 1.165) is 0 Å². The zero-order valence-corrected chi connectivity index (χ0v) is 10.8. The van der Waals surface area contributed by atoms with Crippen LogP contribution in [0.3, 0.4) is 0 Å². The van der Waals surface area contributed by atoms with Crippen molar-refractivity contribution >= 4 is 15.8 Å². The Labute approximate surface area is 105 Å². The fourth-order valence-corrected chi connectivity index (χ4v) is 3.04. The zero-order valence-electron chi connectivity index (χ0n) is 9.99. The molecule has 7 heteroatoms. The lowest BCUT2D eigenvalue weighted by atomic mass is 10.3. The lowest BCUT2D eigenvalue weighted by Gasteiger charge is -2.14. The molecule has 0 heterocycles. The van der Waals surface area contributed by atoms with Crippen LogP contribution in [0.2, 0.25) is 0 Å². The van der Waals surface area contributed by atoms with Crippen LogP contribution in [0.25, 0.3) is 0 Å². The number of aliphatic carboxylic acids is 1. The molecule has 0 aliphatic carbocycles. The number of ether oxygens (including phenoxy) is 2. The van der Waals surface area contributed by atoms with E-state index in [4.69, 9.17) is 9.84 Å². The molecule has 1 atom stereocenters. The average molecular weight is 274 g/mol. The smallest absolute Gasteiger partial charge is 0.324 e. The number of carbonyl (C=O) groups is 1. The molecule has 0 bridgehead atoms. The molecule has 0 spiro atoms. The highest BCUT2D eigenvalue weighted by Crippen LogP contribution is 2.26. The van der Waals surface area contributed by atoms with E-state index in [2.05, 4.69) is 4.74 Å². The SMILES string of the molecule is COCC(C(=O)O)S(=O)(=O)c1ccccc1OC. The third-order valence-electron chi connectivity index (χ3n) is 2.34. The first-order valence-corrected chi connectivity index (χ1v) is 6.58. The van der Waals surface area contributed by atoms with Gasteiger partial charge in [-0.25, -0.2) is 8.42 Å². The summed E-state index contributed by atoms with van der Waals surface area (Å²) >= 11 is 0. The van der Waals surface area contributed by atoms with Crippen LogP contribution < -0.4 is 4.74 Å². The molecule has 0 radical (unpaired) electrons. The van der Waals surface area contributed by atoms with Gasteiger partial charge < -0.3 is 14.6 Å². The molecule has 0 aliphatic rings. The summed E-state index contributed by atoms with van der Waals surface area (Å²) in [5.74, 6) is -1.34. The summed E-state index contributed by atoms with van der Waals surface area (Å²) in [6.07, 6.45) is 0. The molecule has 0 fully saturated rings. The largest absolute Gasteiger partial charge is 0.495 e. The molecule has 100 valence electrons. The van der Waals surface area contributed by atoms with Gasteiger partial charge in [0.05, 0.1) is 13.7 Å². The molecular formula is C11H14O6S. The minimum Gasteiger partial charge on any atom is -0.495 e. The Bertz CT molecular complexity index is 522. The van der Waals surface area contributed by atoms with Crippen LogP contribution in [0.15, 0.2) is 29.2 Å². The van der Waals surface area contributed by atoms with Gasteiger partial charge in [-0.2, -0.15) is 0 Å². The van der Waals surface area contributed by atoms with Gasteiger partial charge in [0, 0.05) is 7.11 Å². The summed E-state index contributed by atoms with van der Waals surface area (Å²) in [7, 11) is -1.49. The van der Waals surface area contributed by atoms with Crippen LogP contribution in [-0.4, -0.2) is 45.6 Å². The summed E-state index contributed by atoms with van der Waals surface area (Å²) in [4.78, 5) is 10.9. The van der Waals surface area contributed by atoms with E-state index in [1.54, 1.807) is 6.07 Å². The van der Waals surface area contributed by atoms with E-state index >= 15 is 0 Å². The van der Waals surface area contributed by atoms with Crippen molar-refractivity contribution in [3.05, 3.63) is 24.3 Å². The van der Waals surface area contributed by atoms with E-state index in [0.29, 0.717) is 0 Å². The summed E-state index contributed by atoms with van der Waals surface area (Å²) in [5.41, 5.74) is 0. The van der Waals surface area contributed by atoms with Gasteiger partial charge in [0.2, 0.25) is 0 Å². The van der Waals surface area contributed by atoms with Crippen molar-refractivity contribution in [1.29, 1.82) is 0 Å². The number of methoxy groups -OCH3 is 2. The topological polar surface area (TPSA) is 89.9 Å². The number of carboxylic acids is 1. The predicted molar refractivity (Wildman–Crippen MR) is 63.5 cm³/mol. The van der Waals surface area contributed by atoms with Crippen LogP contribution in [0, 0.1) is 0 Å². The number of hydrogen-bond acceptors (Lipinski definition) is 5. The van der Waals surface area contributed by atoms with E-state index in [9.17, 15) is 13.2 Å². The maximum absolute atomic E-state index is 12.2. The lowest BCUT2D eigenvalue weighted by Crippen LogP contribution is -2.34. The molecule has 0 saturated carbocycles. The van der Waals surface area contributed by atoms with Gasteiger partial charge in [0.25, 0.3) is 0 Å². The predicted octanol–water partition coefficient (Wildman–Crippen LogP) is 0.568. The van der Waals surface area contributed by atoms with Crippen molar-refractivity contribution in [2.45, 2.75) is 10.1 Å². The Balaban J connectivity index is 3.31. The third-order valence-corrected chi connectivity index (χ3v) is 4.38. The van der Waals surface area contributed by atoms with Crippen LogP contribution >= 0.6 is 0 Å². The average Bonchev–Trinajstić information content (AvgIpc) is 2.35. The fourth-order valence-electron chi connectivity index (χ4n) is 1.45. The number of sulfone groups is 1. The second kappa shape index (κ2) is 5.83. The Morgan fingerprint density at radius 2 is 1.94 bits per heavy atom. The first kappa shape index (κ1) is 14.5. The molecule has 18 heavy (non-hydrogen) atoms. The van der Waals surface area contributed by atoms with Gasteiger partial charge in [0.1, 0.15) is 10.6 Å². The maximum atomic E-state index is 12.2. The summed E-state index contributed by atoms with van der Waals surface area (Å²) < 4.78 is 34.0. The molecule has 0 amide bonds. The number of hydrogen-bond donors (Lipinski definition) is 1. The molecule has 1 aromatic rings. The first-order valence-electron chi connectivity index (χ1n) is 5.03. The molecular weight excluding hydrogens is 260 g/mol. The van der Waals surface area contributed by atoms with Crippen molar-refractivity contribution in [1.82, 2.24) is 0 Å². The highest BCUT2D eigenvalue weighted by molar-refractivity contribution is 7.93. The van der Waals surface area contributed by atoms with Gasteiger partial charge in [-0.1, -0.05) is 12.1 Å². The second-order valence-corrected chi connectivity index (χ2v) is 5.58. The van der Waals surface area contributed by atoms with Crippen molar-refractivity contribution in [3.8, 4) is 5.75 Å². The zero-order chi connectivity index (χ0) is 13.8. The lowest BCUT2D eigenvalue weighted by molar-refractivity contribution is -0.137. The monoisotopic (exact) mass is 274 g/mol. The van der Waals surface area contributed by atoms with Crippen LogP contribution in [0.5, 0.6) is 5.75 Å². The number of rotatable bonds is 6. The molecule has 0 aromatic heterocycles. The standard InChI is InChI=1S/C11H14O6S/c1-16-7-10(11(12)13)18(14,15)9-6-4-3-5-8(9)17-2/h3-6,10H,7H2,1-2H3,(H,12,13). The van der Waals surface area contributed by atoms with Gasteiger partial charge in [0.15, 0.2) is 15.1 Å². The Kier molecular flexibility index (Phi) is 4.69. The van der Waals surface area contributed by atoms with Crippen LogP contribution in [0.4, 0.5) is 0 Å². The molecule has 1 rings (SSSR count). The van der Waals surface area contributed by atoms with Gasteiger partial charge in [-0.3, -0.25) is 4.79 Å². The highest BCUT2D eigenvalue weighted by atomic mass is 32.2. The van der Waals surface area contributed by atoms with Crippen molar-refractivity contribution in [2.75, 3.05) is 20.8 Å².